The van der Waals surface area contributed by atoms with Crippen LogP contribution in [0.15, 0.2) is 34.7 Å². The van der Waals surface area contributed by atoms with Crippen LogP contribution in [0.1, 0.15) is 23.4 Å². The van der Waals surface area contributed by atoms with Gasteiger partial charge >= 0.3 is 0 Å². The van der Waals surface area contributed by atoms with Gasteiger partial charge < -0.3 is 9.84 Å². The Morgan fingerprint density at radius 2 is 2.30 bits per heavy atom. The first-order chi connectivity index (χ1) is 11.1. The molecule has 1 saturated heterocycles. The van der Waals surface area contributed by atoms with Crippen molar-refractivity contribution < 1.29 is 14.6 Å². The van der Waals surface area contributed by atoms with Gasteiger partial charge in [0.25, 0.3) is 0 Å². The third-order valence-electron chi connectivity index (χ3n) is 3.27. The summed E-state index contributed by atoms with van der Waals surface area (Å²) < 4.78 is 5.35. The fourth-order valence-electron chi connectivity index (χ4n) is 2.23. The van der Waals surface area contributed by atoms with Gasteiger partial charge in [-0.25, -0.2) is 4.98 Å². The van der Waals surface area contributed by atoms with Crippen molar-refractivity contribution >= 4 is 40.0 Å². The maximum absolute atomic E-state index is 12.6. The van der Waals surface area contributed by atoms with Gasteiger partial charge in [-0.3, -0.25) is 10.2 Å². The zero-order valence-electron chi connectivity index (χ0n) is 12.3. The number of carbonyl (C=O) groups is 1. The first kappa shape index (κ1) is 15.8. The van der Waals surface area contributed by atoms with E-state index in [1.165, 1.54) is 17.4 Å². The highest BCUT2D eigenvalue weighted by Crippen LogP contribution is 2.41. The lowest BCUT2D eigenvalue weighted by molar-refractivity contribution is -0.114. The van der Waals surface area contributed by atoms with Crippen LogP contribution in [0.3, 0.4) is 0 Å². The molecule has 0 unspecified atom stereocenters. The van der Waals surface area contributed by atoms with Crippen LogP contribution < -0.4 is 4.74 Å². The van der Waals surface area contributed by atoms with E-state index in [1.807, 2.05) is 6.92 Å². The van der Waals surface area contributed by atoms with Crippen molar-refractivity contribution in [2.45, 2.75) is 12.8 Å². The summed E-state index contributed by atoms with van der Waals surface area (Å²) in [7, 11) is 0. The molecule has 0 spiro atoms. The van der Waals surface area contributed by atoms with Gasteiger partial charge in [0.1, 0.15) is 10.9 Å². The molecule has 1 aliphatic heterocycles. The Morgan fingerprint density at radius 1 is 1.48 bits per heavy atom. The summed E-state index contributed by atoms with van der Waals surface area (Å²) in [6.07, 6.45) is 3.36. The fourth-order valence-corrected chi connectivity index (χ4v) is 4.04. The van der Waals surface area contributed by atoms with Crippen molar-refractivity contribution in [3.05, 3.63) is 45.3 Å². The number of aromatic nitrogens is 1. The Morgan fingerprint density at radius 3 is 3.00 bits per heavy atom. The smallest absolute Gasteiger partial charge is 0.186 e. The molecular formula is C16H14N2O3S2. The molecule has 1 atom stereocenters. The minimum atomic E-state index is -0.588. The number of allylic oxidation sites excluding steroid dienone is 1. The number of ketones is 1. The SMILES string of the molecule is CCOc1cc(/C=C2\SC(=N)[C@H](c3nccs3)C2=O)ccc1O. The lowest BCUT2D eigenvalue weighted by atomic mass is 10.0. The molecule has 1 aromatic carbocycles. The molecule has 0 saturated carbocycles. The number of phenols is 1. The van der Waals surface area contributed by atoms with Gasteiger partial charge in [-0.05, 0) is 30.7 Å². The van der Waals surface area contributed by atoms with Crippen molar-refractivity contribution in [1.29, 1.82) is 5.41 Å². The standard InChI is InChI=1S/C16H14N2O3S2/c1-2-21-11-7-9(3-4-10(11)19)8-12-14(20)13(15(17)23-12)16-18-5-6-22-16/h3-8,13,17,19H,2H2,1H3/b12-8-,17-15?/t13-/m1/s1. The molecule has 1 aliphatic rings. The quantitative estimate of drug-likeness (QED) is 0.825. The third kappa shape index (κ3) is 3.16. The summed E-state index contributed by atoms with van der Waals surface area (Å²) in [6, 6.07) is 4.92. The Bertz CT molecular complexity index is 785. The average Bonchev–Trinajstić information content (AvgIpc) is 3.12. The summed E-state index contributed by atoms with van der Waals surface area (Å²) >= 11 is 2.54. The van der Waals surface area contributed by atoms with Crippen LogP contribution in [0.25, 0.3) is 6.08 Å². The van der Waals surface area contributed by atoms with Gasteiger partial charge in [0, 0.05) is 11.6 Å². The Balaban J connectivity index is 1.90. The van der Waals surface area contributed by atoms with Gasteiger partial charge in [0.05, 0.1) is 16.6 Å². The Kier molecular flexibility index (Phi) is 4.49. The summed E-state index contributed by atoms with van der Waals surface area (Å²) in [5, 5.41) is 20.5. The number of Topliss-reactive ketones (excluding diaryl/α,β-unsaturated/α-hetero) is 1. The zero-order valence-corrected chi connectivity index (χ0v) is 13.9. The number of ether oxygens (including phenoxy) is 1. The number of rotatable bonds is 4. The molecule has 0 bridgehead atoms. The normalized spacial score (nSPS) is 19.5. The second kappa shape index (κ2) is 6.55. The van der Waals surface area contributed by atoms with Gasteiger partial charge in [0.15, 0.2) is 17.3 Å². The van der Waals surface area contributed by atoms with Crippen molar-refractivity contribution in [2.24, 2.45) is 0 Å². The molecule has 2 aromatic rings. The Hall–Kier alpha value is -2.12. The van der Waals surface area contributed by atoms with Crippen LogP contribution in [0.4, 0.5) is 0 Å². The number of thiazole rings is 1. The molecule has 7 heteroatoms. The topological polar surface area (TPSA) is 83.3 Å². The number of nitrogens with one attached hydrogen (secondary N) is 1. The van der Waals surface area contributed by atoms with Gasteiger partial charge in [-0.2, -0.15) is 0 Å². The number of hydrogen-bond acceptors (Lipinski definition) is 7. The van der Waals surface area contributed by atoms with E-state index in [9.17, 15) is 9.90 Å². The van der Waals surface area contributed by atoms with Gasteiger partial charge in [-0.15, -0.1) is 11.3 Å². The van der Waals surface area contributed by atoms with Crippen molar-refractivity contribution in [1.82, 2.24) is 4.98 Å². The van der Waals surface area contributed by atoms with Crippen LogP contribution in [0, 0.1) is 5.41 Å². The Labute approximate surface area is 141 Å². The van der Waals surface area contributed by atoms with Crippen LogP contribution in [0.2, 0.25) is 0 Å². The second-order valence-electron chi connectivity index (χ2n) is 4.80. The molecular weight excluding hydrogens is 332 g/mol. The van der Waals surface area contributed by atoms with Crippen LogP contribution in [-0.2, 0) is 4.79 Å². The highest BCUT2D eigenvalue weighted by atomic mass is 32.2. The highest BCUT2D eigenvalue weighted by molar-refractivity contribution is 8.19. The predicted molar refractivity (Wildman–Crippen MR) is 92.4 cm³/mol. The van der Waals surface area contributed by atoms with Gasteiger partial charge in [-0.1, -0.05) is 17.8 Å². The molecule has 2 heterocycles. The number of phenolic OH excluding ortho intramolecular Hbond substituents is 1. The molecule has 0 aliphatic carbocycles. The highest BCUT2D eigenvalue weighted by Gasteiger charge is 2.38. The number of thioether (sulfide) groups is 1. The summed E-state index contributed by atoms with van der Waals surface area (Å²) in [6.45, 7) is 2.28. The van der Waals surface area contributed by atoms with E-state index in [0.29, 0.717) is 27.3 Å². The van der Waals surface area contributed by atoms with E-state index in [0.717, 1.165) is 17.3 Å². The maximum atomic E-state index is 12.6. The second-order valence-corrected chi connectivity index (χ2v) is 6.81. The number of nitrogens with zero attached hydrogens (tertiary/aromatic N) is 1. The number of hydrogen-bond donors (Lipinski definition) is 2. The molecule has 118 valence electrons. The van der Waals surface area contributed by atoms with Crippen LogP contribution in [0.5, 0.6) is 11.5 Å². The average molecular weight is 346 g/mol. The molecule has 0 amide bonds. The molecule has 23 heavy (non-hydrogen) atoms. The van der Waals surface area contributed by atoms with E-state index in [-0.39, 0.29) is 11.5 Å². The van der Waals surface area contributed by atoms with E-state index in [2.05, 4.69) is 4.98 Å². The molecule has 0 radical (unpaired) electrons. The number of carbonyl (C=O) groups excluding carboxylic acids is 1. The predicted octanol–water partition coefficient (Wildman–Crippen LogP) is 3.67. The van der Waals surface area contributed by atoms with Crippen LogP contribution >= 0.6 is 23.1 Å². The van der Waals surface area contributed by atoms with Crippen molar-refractivity contribution in [3.8, 4) is 11.5 Å². The first-order valence-corrected chi connectivity index (χ1v) is 8.67. The first-order valence-electron chi connectivity index (χ1n) is 6.97. The van der Waals surface area contributed by atoms with Crippen molar-refractivity contribution in [3.63, 3.8) is 0 Å². The lowest BCUT2D eigenvalue weighted by Crippen LogP contribution is -2.11. The van der Waals surface area contributed by atoms with Crippen LogP contribution in [-0.4, -0.2) is 27.5 Å². The van der Waals surface area contributed by atoms with E-state index in [1.54, 1.807) is 29.8 Å². The summed E-state index contributed by atoms with van der Waals surface area (Å²) in [5.41, 5.74) is 0.745. The van der Waals surface area contributed by atoms with E-state index in [4.69, 9.17) is 10.1 Å². The molecule has 2 N–H and O–H groups in total. The zero-order chi connectivity index (χ0) is 16.4. The number of benzene rings is 1. The molecule has 3 rings (SSSR count). The third-order valence-corrected chi connectivity index (χ3v) is 5.10. The minimum Gasteiger partial charge on any atom is -0.504 e. The largest absolute Gasteiger partial charge is 0.504 e. The van der Waals surface area contributed by atoms with Crippen molar-refractivity contribution in [2.75, 3.05) is 6.61 Å². The monoisotopic (exact) mass is 346 g/mol. The lowest BCUT2D eigenvalue weighted by Gasteiger charge is -2.06. The fraction of sp³-hybridized carbons (Fsp3) is 0.188. The summed E-state index contributed by atoms with van der Waals surface area (Å²) in [4.78, 5) is 17.2. The summed E-state index contributed by atoms with van der Waals surface area (Å²) in [5.74, 6) is -0.257. The molecule has 1 fully saturated rings. The van der Waals surface area contributed by atoms with E-state index < -0.39 is 5.92 Å². The van der Waals surface area contributed by atoms with Gasteiger partial charge in [0.2, 0.25) is 0 Å². The minimum absolute atomic E-state index is 0.0628. The molecule has 1 aromatic heterocycles. The molecule has 5 nitrogen and oxygen atoms in total. The number of aromatic hydroxyl groups is 1. The van der Waals surface area contributed by atoms with E-state index >= 15 is 0 Å². The maximum Gasteiger partial charge on any atom is 0.186 e.